The van der Waals surface area contributed by atoms with Crippen molar-refractivity contribution in [3.63, 3.8) is 0 Å². The molecule has 0 saturated carbocycles. The van der Waals surface area contributed by atoms with E-state index in [-0.39, 0.29) is 19.3 Å². The summed E-state index contributed by atoms with van der Waals surface area (Å²) in [6.45, 7) is 5.48. The third-order valence-corrected chi connectivity index (χ3v) is 3.31. The number of alkyl carbamates (subject to hydrolysis) is 2. The molecule has 0 aromatic carbocycles. The lowest BCUT2D eigenvalue weighted by Gasteiger charge is -2.22. The molecule has 0 radical (unpaired) electrons. The first kappa shape index (κ1) is 18.1. The van der Waals surface area contributed by atoms with E-state index in [0.29, 0.717) is 19.6 Å². The highest BCUT2D eigenvalue weighted by molar-refractivity contribution is 5.67. The normalized spacial score (nSPS) is 18.1. The minimum atomic E-state index is -0.483. The van der Waals surface area contributed by atoms with Crippen LogP contribution in [0.4, 0.5) is 9.59 Å². The lowest BCUT2D eigenvalue weighted by atomic mass is 10.1. The second-order valence-corrected chi connectivity index (χ2v) is 4.82. The van der Waals surface area contributed by atoms with Crippen molar-refractivity contribution >= 4 is 12.2 Å². The topological polar surface area (TPSA) is 89.1 Å². The molecule has 0 aliphatic carbocycles. The maximum atomic E-state index is 11.4. The molecule has 22 heavy (non-hydrogen) atoms. The van der Waals surface area contributed by atoms with E-state index in [1.807, 2.05) is 25.8 Å². The van der Waals surface area contributed by atoms with E-state index in [1.165, 1.54) is 0 Å². The molecule has 1 unspecified atom stereocenters. The Hall–Kier alpha value is -1.96. The Kier molecular flexibility index (Phi) is 7.51. The Labute approximate surface area is 130 Å². The van der Waals surface area contributed by atoms with Gasteiger partial charge in [0.15, 0.2) is 0 Å². The van der Waals surface area contributed by atoms with Crippen LogP contribution in [0.2, 0.25) is 0 Å². The van der Waals surface area contributed by atoms with Gasteiger partial charge in [0.25, 0.3) is 0 Å². The molecule has 126 valence electrons. The minimum absolute atomic E-state index is 0.1000. The first-order chi connectivity index (χ1) is 10.5. The maximum Gasteiger partial charge on any atom is 0.407 e. The lowest BCUT2D eigenvalue weighted by Crippen LogP contribution is -2.37. The number of hydrogen-bond acceptors (Lipinski definition) is 6. The van der Waals surface area contributed by atoms with E-state index >= 15 is 0 Å². The molecule has 1 rings (SSSR count). The zero-order valence-corrected chi connectivity index (χ0v) is 13.6. The van der Waals surface area contributed by atoms with Gasteiger partial charge in [-0.3, -0.25) is 4.90 Å². The molecule has 0 spiro atoms. The maximum absolute atomic E-state index is 11.4. The van der Waals surface area contributed by atoms with E-state index in [2.05, 4.69) is 10.6 Å². The number of nitrogens with one attached hydrogen (secondary N) is 2. The molecule has 0 aromatic heterocycles. The average Bonchev–Trinajstić information content (AvgIpc) is 2.79. The fraction of sp³-hybridized carbons (Fsp3) is 0.714. The fourth-order valence-corrected chi connectivity index (χ4v) is 2.18. The molecule has 0 fully saturated rings. The van der Waals surface area contributed by atoms with Gasteiger partial charge in [0.05, 0.1) is 19.7 Å². The summed E-state index contributed by atoms with van der Waals surface area (Å²) < 4.78 is 15.7. The van der Waals surface area contributed by atoms with Crippen molar-refractivity contribution < 1.29 is 23.8 Å². The van der Waals surface area contributed by atoms with Crippen LogP contribution in [-0.2, 0) is 14.2 Å². The number of methoxy groups -OCH3 is 1. The SMILES string of the molecule is CCNC(=O)OCC1=C(OC)CN(C)C1COC(=O)NCC. The predicted molar refractivity (Wildman–Crippen MR) is 80.5 cm³/mol. The van der Waals surface area contributed by atoms with Crippen molar-refractivity contribution in [1.29, 1.82) is 0 Å². The van der Waals surface area contributed by atoms with Crippen LogP contribution in [0.25, 0.3) is 0 Å². The van der Waals surface area contributed by atoms with Crippen LogP contribution in [0.5, 0.6) is 0 Å². The zero-order chi connectivity index (χ0) is 16.5. The molecule has 2 amide bonds. The summed E-state index contributed by atoms with van der Waals surface area (Å²) in [5.41, 5.74) is 0.806. The first-order valence-corrected chi connectivity index (χ1v) is 7.30. The van der Waals surface area contributed by atoms with Gasteiger partial charge in [-0.1, -0.05) is 0 Å². The number of carbonyl (C=O) groups excluding carboxylic acids is 2. The highest BCUT2D eigenvalue weighted by atomic mass is 16.6. The van der Waals surface area contributed by atoms with Crippen molar-refractivity contribution in [2.24, 2.45) is 0 Å². The number of nitrogens with zero attached hydrogens (tertiary/aromatic N) is 1. The summed E-state index contributed by atoms with van der Waals surface area (Å²) >= 11 is 0. The zero-order valence-electron chi connectivity index (χ0n) is 13.6. The summed E-state index contributed by atoms with van der Waals surface area (Å²) in [6, 6.07) is -0.174. The highest BCUT2D eigenvalue weighted by Gasteiger charge is 2.33. The number of amides is 2. The van der Waals surface area contributed by atoms with Gasteiger partial charge in [-0.2, -0.15) is 0 Å². The van der Waals surface area contributed by atoms with Crippen LogP contribution in [0, 0.1) is 0 Å². The third kappa shape index (κ3) is 5.10. The molecule has 1 aliphatic heterocycles. The highest BCUT2D eigenvalue weighted by Crippen LogP contribution is 2.24. The van der Waals surface area contributed by atoms with Gasteiger partial charge >= 0.3 is 12.2 Å². The molecule has 0 saturated heterocycles. The van der Waals surface area contributed by atoms with Crippen molar-refractivity contribution in [3.8, 4) is 0 Å². The van der Waals surface area contributed by atoms with Crippen LogP contribution >= 0.6 is 0 Å². The summed E-state index contributed by atoms with van der Waals surface area (Å²) in [7, 11) is 3.46. The van der Waals surface area contributed by atoms with Gasteiger partial charge in [0.2, 0.25) is 0 Å². The molecule has 8 heteroatoms. The van der Waals surface area contributed by atoms with E-state index in [1.54, 1.807) is 7.11 Å². The summed E-state index contributed by atoms with van der Waals surface area (Å²) in [4.78, 5) is 24.8. The Morgan fingerprint density at radius 2 is 1.77 bits per heavy atom. The quantitative estimate of drug-likeness (QED) is 0.719. The van der Waals surface area contributed by atoms with Crippen LogP contribution in [-0.4, -0.2) is 70.1 Å². The number of carbonyl (C=O) groups is 2. The van der Waals surface area contributed by atoms with E-state index < -0.39 is 12.2 Å². The number of likely N-dealkylation sites (N-methyl/N-ethyl adjacent to an activating group) is 1. The van der Waals surface area contributed by atoms with Crippen LogP contribution in [0.3, 0.4) is 0 Å². The molecule has 0 aromatic rings. The molecule has 2 N–H and O–H groups in total. The summed E-state index contributed by atoms with van der Waals surface area (Å²) in [5, 5.41) is 5.13. The number of rotatable bonds is 7. The van der Waals surface area contributed by atoms with Crippen LogP contribution in [0.15, 0.2) is 11.3 Å². The summed E-state index contributed by atoms with van der Waals surface area (Å²) in [5.74, 6) is 0.733. The van der Waals surface area contributed by atoms with Gasteiger partial charge in [-0.25, -0.2) is 9.59 Å². The van der Waals surface area contributed by atoms with Crippen molar-refractivity contribution in [2.75, 3.05) is 47.0 Å². The Morgan fingerprint density at radius 3 is 2.32 bits per heavy atom. The summed E-state index contributed by atoms with van der Waals surface area (Å²) in [6.07, 6.45) is -0.950. The smallest absolute Gasteiger partial charge is 0.407 e. The van der Waals surface area contributed by atoms with Gasteiger partial charge in [-0.05, 0) is 20.9 Å². The van der Waals surface area contributed by atoms with Gasteiger partial charge in [0.1, 0.15) is 19.0 Å². The first-order valence-electron chi connectivity index (χ1n) is 7.30. The lowest BCUT2D eigenvalue weighted by molar-refractivity contribution is 0.113. The molecule has 1 aliphatic rings. The van der Waals surface area contributed by atoms with Crippen molar-refractivity contribution in [3.05, 3.63) is 11.3 Å². The average molecular weight is 315 g/mol. The molecule has 8 nitrogen and oxygen atoms in total. The van der Waals surface area contributed by atoms with Gasteiger partial charge in [0, 0.05) is 18.7 Å². The largest absolute Gasteiger partial charge is 0.500 e. The molecular weight excluding hydrogens is 290 g/mol. The fourth-order valence-electron chi connectivity index (χ4n) is 2.18. The predicted octanol–water partition coefficient (Wildman–Crippen LogP) is 0.693. The molecular formula is C14H25N3O5. The molecule has 0 bridgehead atoms. The monoisotopic (exact) mass is 315 g/mol. The minimum Gasteiger partial charge on any atom is -0.500 e. The standard InChI is InChI=1S/C14H25N3O5/c1-5-15-13(18)21-8-10-11(9-22-14(19)16-6-2)17(3)7-12(10)20-4/h11H,5-9H2,1-4H3,(H,15,18)(H,16,19). The number of ether oxygens (including phenoxy) is 3. The molecule has 1 heterocycles. The Bertz CT molecular complexity index is 425. The van der Waals surface area contributed by atoms with Crippen LogP contribution < -0.4 is 10.6 Å². The van der Waals surface area contributed by atoms with Crippen LogP contribution in [0.1, 0.15) is 13.8 Å². The number of hydrogen-bond donors (Lipinski definition) is 2. The second-order valence-electron chi connectivity index (χ2n) is 4.82. The van der Waals surface area contributed by atoms with E-state index in [4.69, 9.17) is 14.2 Å². The Balaban J connectivity index is 2.65. The Morgan fingerprint density at radius 1 is 1.18 bits per heavy atom. The van der Waals surface area contributed by atoms with E-state index in [9.17, 15) is 9.59 Å². The van der Waals surface area contributed by atoms with Crippen molar-refractivity contribution in [1.82, 2.24) is 15.5 Å². The molecule has 1 atom stereocenters. The second kappa shape index (κ2) is 9.14. The third-order valence-electron chi connectivity index (χ3n) is 3.31. The van der Waals surface area contributed by atoms with Gasteiger partial charge < -0.3 is 24.8 Å². The van der Waals surface area contributed by atoms with Gasteiger partial charge in [-0.15, -0.1) is 0 Å². The van der Waals surface area contributed by atoms with E-state index in [0.717, 1.165) is 11.3 Å². The van der Waals surface area contributed by atoms with Crippen molar-refractivity contribution in [2.45, 2.75) is 19.9 Å².